The van der Waals surface area contributed by atoms with Crippen LogP contribution in [-0.2, 0) is 12.8 Å². The van der Waals surface area contributed by atoms with Gasteiger partial charge in [-0.2, -0.15) is 10.2 Å². The van der Waals surface area contributed by atoms with Crippen molar-refractivity contribution in [3.05, 3.63) is 60.0 Å². The fourth-order valence-corrected chi connectivity index (χ4v) is 3.07. The van der Waals surface area contributed by atoms with E-state index < -0.39 is 0 Å². The highest BCUT2D eigenvalue weighted by molar-refractivity contribution is 5.51. The van der Waals surface area contributed by atoms with E-state index in [1.807, 2.05) is 12.2 Å². The van der Waals surface area contributed by atoms with E-state index in [4.69, 9.17) is 0 Å². The van der Waals surface area contributed by atoms with Gasteiger partial charge < -0.3 is 0 Å². The van der Waals surface area contributed by atoms with Crippen molar-refractivity contribution in [3.8, 4) is 0 Å². The number of nitrogens with zero attached hydrogens (tertiary/aromatic N) is 2. The van der Waals surface area contributed by atoms with Crippen LogP contribution in [0.3, 0.4) is 0 Å². The molecule has 2 aliphatic rings. The highest BCUT2D eigenvalue weighted by Crippen LogP contribution is 2.50. The minimum Gasteiger partial charge on any atom is -0.155 e. The minimum atomic E-state index is 0.559. The number of aromatic nitrogens is 2. The summed E-state index contributed by atoms with van der Waals surface area (Å²) in [4.78, 5) is 0. The van der Waals surface area contributed by atoms with E-state index in [9.17, 15) is 0 Å². The van der Waals surface area contributed by atoms with Crippen molar-refractivity contribution in [2.24, 2.45) is 0 Å². The zero-order valence-corrected chi connectivity index (χ0v) is 9.89. The lowest BCUT2D eigenvalue weighted by atomic mass is 9.92. The van der Waals surface area contributed by atoms with Crippen LogP contribution in [0.15, 0.2) is 37.5 Å². The Hall–Kier alpha value is -1.70. The Morgan fingerprint density at radius 2 is 1.47 bits per heavy atom. The van der Waals surface area contributed by atoms with Crippen LogP contribution in [0, 0.1) is 0 Å². The van der Waals surface area contributed by atoms with Gasteiger partial charge in [0.15, 0.2) is 0 Å². The summed E-state index contributed by atoms with van der Waals surface area (Å²) in [5.74, 6) is 1.12. The maximum atomic E-state index is 4.37. The van der Waals surface area contributed by atoms with Crippen molar-refractivity contribution >= 4 is 0 Å². The minimum absolute atomic E-state index is 0.559. The Morgan fingerprint density at radius 1 is 1.00 bits per heavy atom. The second-order valence-corrected chi connectivity index (χ2v) is 4.74. The third-order valence-electron chi connectivity index (χ3n) is 3.70. The molecule has 0 amide bonds. The third-order valence-corrected chi connectivity index (χ3v) is 3.70. The van der Waals surface area contributed by atoms with E-state index in [-0.39, 0.29) is 0 Å². The Kier molecular flexibility index (Phi) is 2.43. The number of allylic oxidation sites excluding steroid dienone is 4. The molecule has 0 N–H and O–H groups in total. The summed E-state index contributed by atoms with van der Waals surface area (Å²) in [6, 6.07) is 0. The molecule has 2 atom stereocenters. The molecular formula is C15H16N2. The van der Waals surface area contributed by atoms with Crippen molar-refractivity contribution in [1.29, 1.82) is 0 Å². The first-order chi connectivity index (χ1) is 8.35. The van der Waals surface area contributed by atoms with E-state index in [1.165, 1.54) is 17.5 Å². The normalized spacial score (nSPS) is 23.8. The van der Waals surface area contributed by atoms with E-state index >= 15 is 0 Å². The lowest BCUT2D eigenvalue weighted by Gasteiger charge is -2.16. The first-order valence-corrected chi connectivity index (χ1v) is 6.13. The molecule has 1 heterocycles. The molecule has 0 fully saturated rings. The third kappa shape index (κ3) is 1.47. The molecule has 0 radical (unpaired) electrons. The van der Waals surface area contributed by atoms with Crippen molar-refractivity contribution in [2.45, 2.75) is 31.1 Å². The van der Waals surface area contributed by atoms with Gasteiger partial charge in [0.2, 0.25) is 0 Å². The molecule has 1 aromatic heterocycles. The van der Waals surface area contributed by atoms with E-state index in [2.05, 4.69) is 35.5 Å². The van der Waals surface area contributed by atoms with Gasteiger partial charge in [0.1, 0.15) is 0 Å². The number of fused-ring (bicyclic) bond motifs is 5. The lowest BCUT2D eigenvalue weighted by molar-refractivity contribution is 0.798. The fraction of sp³-hybridized carbons (Fsp3) is 0.333. The van der Waals surface area contributed by atoms with Crippen LogP contribution in [0.25, 0.3) is 0 Å². The summed E-state index contributed by atoms with van der Waals surface area (Å²) in [5, 5.41) is 8.75. The Balaban J connectivity index is 2.15. The first kappa shape index (κ1) is 10.5. The highest BCUT2D eigenvalue weighted by Gasteiger charge is 2.37. The Morgan fingerprint density at radius 3 is 1.88 bits per heavy atom. The van der Waals surface area contributed by atoms with Gasteiger partial charge in [-0.3, -0.25) is 0 Å². The summed E-state index contributed by atoms with van der Waals surface area (Å²) in [5.41, 5.74) is 5.06. The average Bonchev–Trinajstić information content (AvgIpc) is 2.93. The predicted octanol–water partition coefficient (Wildman–Crippen LogP) is 3.07. The van der Waals surface area contributed by atoms with Gasteiger partial charge in [-0.1, -0.05) is 24.3 Å². The van der Waals surface area contributed by atoms with Gasteiger partial charge >= 0.3 is 0 Å². The van der Waals surface area contributed by atoms with Gasteiger partial charge in [-0.25, -0.2) is 0 Å². The molecule has 86 valence electrons. The van der Waals surface area contributed by atoms with E-state index in [0.29, 0.717) is 11.8 Å². The SMILES string of the molecule is C=CCc1nnc(CC=C)c2c1C1C=CC2C1. The molecule has 0 saturated heterocycles. The van der Waals surface area contributed by atoms with Crippen molar-refractivity contribution in [3.63, 3.8) is 0 Å². The molecule has 3 rings (SSSR count). The number of hydrogen-bond donors (Lipinski definition) is 0. The molecule has 0 aromatic carbocycles. The molecule has 0 saturated carbocycles. The largest absolute Gasteiger partial charge is 0.155 e. The average molecular weight is 224 g/mol. The van der Waals surface area contributed by atoms with Crippen LogP contribution in [0.5, 0.6) is 0 Å². The Bertz CT molecular complexity index is 469. The summed E-state index contributed by atoms with van der Waals surface area (Å²) in [6.45, 7) is 7.60. The van der Waals surface area contributed by atoms with Crippen LogP contribution < -0.4 is 0 Å². The van der Waals surface area contributed by atoms with Crippen LogP contribution in [0.4, 0.5) is 0 Å². The molecule has 17 heavy (non-hydrogen) atoms. The highest BCUT2D eigenvalue weighted by atomic mass is 15.1. The van der Waals surface area contributed by atoms with Crippen molar-refractivity contribution in [2.75, 3.05) is 0 Å². The van der Waals surface area contributed by atoms with Gasteiger partial charge in [-0.05, 0) is 17.5 Å². The molecule has 0 spiro atoms. The maximum absolute atomic E-state index is 4.37. The first-order valence-electron chi connectivity index (χ1n) is 6.13. The smallest absolute Gasteiger partial charge is 0.0709 e. The standard InChI is InChI=1S/C15H16N2/c1-3-5-12-14-10-7-8-11(9-10)15(14)13(6-4-2)17-16-12/h3-4,7-8,10-11H,1-2,5-6,9H2. The van der Waals surface area contributed by atoms with Crippen LogP contribution in [0.2, 0.25) is 0 Å². The fourth-order valence-electron chi connectivity index (χ4n) is 3.07. The van der Waals surface area contributed by atoms with Gasteiger partial charge in [0, 0.05) is 24.7 Å². The molecular weight excluding hydrogens is 208 g/mol. The maximum Gasteiger partial charge on any atom is 0.0709 e. The number of rotatable bonds is 4. The molecule has 1 aromatic rings. The molecule has 2 nitrogen and oxygen atoms in total. The summed E-state index contributed by atoms with van der Waals surface area (Å²) in [6.07, 6.45) is 11.3. The number of hydrogen-bond acceptors (Lipinski definition) is 2. The van der Waals surface area contributed by atoms with Crippen LogP contribution in [-0.4, -0.2) is 10.2 Å². The van der Waals surface area contributed by atoms with Gasteiger partial charge in [-0.15, -0.1) is 13.2 Å². The zero-order valence-electron chi connectivity index (χ0n) is 9.89. The van der Waals surface area contributed by atoms with Crippen LogP contribution >= 0.6 is 0 Å². The quantitative estimate of drug-likeness (QED) is 0.734. The van der Waals surface area contributed by atoms with Gasteiger partial charge in [0.05, 0.1) is 11.4 Å². The second kappa shape index (κ2) is 3.95. The summed E-state index contributed by atoms with van der Waals surface area (Å²) in [7, 11) is 0. The lowest BCUT2D eigenvalue weighted by Crippen LogP contribution is -2.09. The van der Waals surface area contributed by atoms with Gasteiger partial charge in [0.25, 0.3) is 0 Å². The summed E-state index contributed by atoms with van der Waals surface area (Å²) >= 11 is 0. The van der Waals surface area contributed by atoms with Crippen molar-refractivity contribution in [1.82, 2.24) is 10.2 Å². The Labute approximate surface area is 102 Å². The molecule has 2 unspecified atom stereocenters. The van der Waals surface area contributed by atoms with E-state index in [0.717, 1.165) is 24.2 Å². The molecule has 0 aliphatic heterocycles. The predicted molar refractivity (Wildman–Crippen MR) is 69.1 cm³/mol. The molecule has 2 aliphatic carbocycles. The molecule has 2 bridgehead atoms. The second-order valence-electron chi connectivity index (χ2n) is 4.74. The molecule has 2 heteroatoms. The van der Waals surface area contributed by atoms with E-state index in [1.54, 1.807) is 0 Å². The monoisotopic (exact) mass is 224 g/mol. The topological polar surface area (TPSA) is 25.8 Å². The van der Waals surface area contributed by atoms with Crippen LogP contribution in [0.1, 0.15) is 40.8 Å². The van der Waals surface area contributed by atoms with Crippen molar-refractivity contribution < 1.29 is 0 Å². The zero-order chi connectivity index (χ0) is 11.8. The summed E-state index contributed by atoms with van der Waals surface area (Å²) < 4.78 is 0.